The summed E-state index contributed by atoms with van der Waals surface area (Å²) in [6, 6.07) is 25.0. The minimum absolute atomic E-state index is 0.0900. The smallest absolute Gasteiger partial charge is 0.242 e. The molecule has 2 amide bonds. The van der Waals surface area contributed by atoms with Gasteiger partial charge in [-0.1, -0.05) is 103 Å². The Labute approximate surface area is 223 Å². The van der Waals surface area contributed by atoms with Gasteiger partial charge in [0.1, 0.15) is 6.04 Å². The van der Waals surface area contributed by atoms with Gasteiger partial charge in [-0.25, -0.2) is 0 Å². The fourth-order valence-electron chi connectivity index (χ4n) is 4.90. The number of carbonyl (C=O) groups is 2. The largest absolute Gasteiger partial charge is 0.352 e. The quantitative estimate of drug-likeness (QED) is 0.329. The lowest BCUT2D eigenvalue weighted by atomic mass is 9.88. The maximum absolute atomic E-state index is 13.9. The Bertz CT molecular complexity index is 1120. The molecule has 6 heteroatoms. The molecule has 1 aliphatic carbocycles. The Morgan fingerprint density at radius 2 is 1.47 bits per heavy atom. The lowest BCUT2D eigenvalue weighted by molar-refractivity contribution is -0.141. The maximum atomic E-state index is 13.9. The third-order valence-corrected chi connectivity index (χ3v) is 7.73. The van der Waals surface area contributed by atoms with Crippen LogP contribution in [0.15, 0.2) is 78.9 Å². The summed E-state index contributed by atoms with van der Waals surface area (Å²) in [5.74, 6) is -0.333. The van der Waals surface area contributed by atoms with Crippen molar-refractivity contribution in [2.24, 2.45) is 0 Å². The van der Waals surface area contributed by atoms with Crippen molar-refractivity contribution in [2.45, 2.75) is 63.6 Å². The number of carbonyl (C=O) groups excluding carboxylic acids is 2. The molecule has 0 unspecified atom stereocenters. The molecule has 1 N–H and O–H groups in total. The molecule has 4 rings (SSSR count). The summed E-state index contributed by atoms with van der Waals surface area (Å²) in [7, 11) is 0. The van der Waals surface area contributed by atoms with Gasteiger partial charge in [-0.05, 0) is 48.6 Å². The summed E-state index contributed by atoms with van der Waals surface area (Å²) in [5.41, 5.74) is 2.96. The van der Waals surface area contributed by atoms with Crippen LogP contribution in [0.25, 0.3) is 0 Å². The molecule has 0 aromatic heterocycles. The van der Waals surface area contributed by atoms with E-state index in [1.165, 1.54) is 0 Å². The minimum atomic E-state index is -0.625. The molecule has 0 heterocycles. The SMILES string of the molecule is C[C@@H](C(=O)NC1CCCC1)N(Cc1ccc(Cl)c(Cl)c1)C(=O)CC(c1ccccc1)c1ccccc1. The Morgan fingerprint density at radius 1 is 0.889 bits per heavy atom. The van der Waals surface area contributed by atoms with Gasteiger partial charge in [0.2, 0.25) is 11.8 Å². The Morgan fingerprint density at radius 3 is 2.03 bits per heavy atom. The molecule has 0 bridgehead atoms. The van der Waals surface area contributed by atoms with Crippen molar-refractivity contribution in [3.8, 4) is 0 Å². The fourth-order valence-corrected chi connectivity index (χ4v) is 5.22. The average molecular weight is 524 g/mol. The van der Waals surface area contributed by atoms with E-state index < -0.39 is 6.04 Å². The third kappa shape index (κ3) is 6.68. The molecule has 0 radical (unpaired) electrons. The molecule has 0 spiro atoms. The highest BCUT2D eigenvalue weighted by Crippen LogP contribution is 2.30. The zero-order chi connectivity index (χ0) is 25.5. The van der Waals surface area contributed by atoms with Crippen molar-refractivity contribution in [3.05, 3.63) is 106 Å². The second-order valence-electron chi connectivity index (χ2n) is 9.51. The van der Waals surface area contributed by atoms with Gasteiger partial charge in [-0.15, -0.1) is 0 Å². The number of rotatable bonds is 9. The summed E-state index contributed by atoms with van der Waals surface area (Å²) in [4.78, 5) is 28.8. The second kappa shape index (κ2) is 12.4. The molecule has 0 aliphatic heterocycles. The van der Waals surface area contributed by atoms with E-state index in [9.17, 15) is 9.59 Å². The summed E-state index contributed by atoms with van der Waals surface area (Å²) in [6.07, 6.45) is 4.48. The molecule has 1 saturated carbocycles. The van der Waals surface area contributed by atoms with E-state index in [2.05, 4.69) is 5.32 Å². The van der Waals surface area contributed by atoms with Crippen molar-refractivity contribution in [1.82, 2.24) is 10.2 Å². The predicted octanol–water partition coefficient (Wildman–Crippen LogP) is 6.99. The van der Waals surface area contributed by atoms with E-state index in [0.29, 0.717) is 10.0 Å². The van der Waals surface area contributed by atoms with Crippen molar-refractivity contribution in [1.29, 1.82) is 0 Å². The molecule has 36 heavy (non-hydrogen) atoms. The Balaban J connectivity index is 1.61. The van der Waals surface area contributed by atoms with Crippen LogP contribution in [0, 0.1) is 0 Å². The first-order valence-corrected chi connectivity index (χ1v) is 13.3. The van der Waals surface area contributed by atoms with Crippen molar-refractivity contribution in [3.63, 3.8) is 0 Å². The van der Waals surface area contributed by atoms with Gasteiger partial charge in [0.15, 0.2) is 0 Å². The molecule has 1 atom stereocenters. The van der Waals surface area contributed by atoms with Crippen LogP contribution >= 0.6 is 23.2 Å². The van der Waals surface area contributed by atoms with Crippen LogP contribution in [0.5, 0.6) is 0 Å². The fraction of sp³-hybridized carbons (Fsp3) is 0.333. The molecule has 4 nitrogen and oxygen atoms in total. The van der Waals surface area contributed by atoms with E-state index in [-0.39, 0.29) is 36.7 Å². The summed E-state index contributed by atoms with van der Waals surface area (Å²) in [5, 5.41) is 4.04. The van der Waals surface area contributed by atoms with E-state index >= 15 is 0 Å². The van der Waals surface area contributed by atoms with Gasteiger partial charge >= 0.3 is 0 Å². The molecular formula is C30H32Cl2N2O2. The second-order valence-corrected chi connectivity index (χ2v) is 10.3. The average Bonchev–Trinajstić information content (AvgIpc) is 3.41. The number of benzene rings is 3. The van der Waals surface area contributed by atoms with Crippen LogP contribution < -0.4 is 5.32 Å². The monoisotopic (exact) mass is 522 g/mol. The van der Waals surface area contributed by atoms with Gasteiger partial charge in [0.25, 0.3) is 0 Å². The summed E-state index contributed by atoms with van der Waals surface area (Å²) >= 11 is 12.4. The van der Waals surface area contributed by atoms with Gasteiger partial charge in [0.05, 0.1) is 10.0 Å². The molecular weight excluding hydrogens is 491 g/mol. The molecule has 3 aromatic carbocycles. The van der Waals surface area contributed by atoms with Crippen LogP contribution in [-0.2, 0) is 16.1 Å². The van der Waals surface area contributed by atoms with E-state index in [4.69, 9.17) is 23.2 Å². The molecule has 0 saturated heterocycles. The van der Waals surface area contributed by atoms with Crippen LogP contribution in [0.4, 0.5) is 0 Å². The highest BCUT2D eigenvalue weighted by Gasteiger charge is 2.30. The Hall–Kier alpha value is -2.82. The first-order chi connectivity index (χ1) is 17.4. The summed E-state index contributed by atoms with van der Waals surface area (Å²) in [6.45, 7) is 2.07. The van der Waals surface area contributed by atoms with Crippen LogP contribution in [0.2, 0.25) is 10.0 Å². The van der Waals surface area contributed by atoms with E-state index in [0.717, 1.165) is 42.4 Å². The Kier molecular flexibility index (Phi) is 9.06. The first-order valence-electron chi connectivity index (χ1n) is 12.6. The highest BCUT2D eigenvalue weighted by atomic mass is 35.5. The van der Waals surface area contributed by atoms with E-state index in [1.54, 1.807) is 24.0 Å². The number of halogens is 2. The molecule has 3 aromatic rings. The number of nitrogens with zero attached hydrogens (tertiary/aromatic N) is 1. The van der Waals surface area contributed by atoms with Crippen LogP contribution in [-0.4, -0.2) is 28.8 Å². The van der Waals surface area contributed by atoms with Gasteiger partial charge in [-0.3, -0.25) is 9.59 Å². The van der Waals surface area contributed by atoms with E-state index in [1.807, 2.05) is 66.7 Å². The molecule has 188 valence electrons. The third-order valence-electron chi connectivity index (χ3n) is 6.99. The standard InChI is InChI=1S/C30H32Cl2N2O2/c1-21(30(36)33-25-14-8-9-15-25)34(20-22-16-17-27(31)28(32)18-22)29(35)19-26(23-10-4-2-5-11-23)24-12-6-3-7-13-24/h2-7,10-13,16-18,21,25-26H,8-9,14-15,19-20H2,1H3,(H,33,36)/t21-/m0/s1. The topological polar surface area (TPSA) is 49.4 Å². The minimum Gasteiger partial charge on any atom is -0.352 e. The number of nitrogens with one attached hydrogen (secondary N) is 1. The first kappa shape index (κ1) is 26.2. The predicted molar refractivity (Wildman–Crippen MR) is 146 cm³/mol. The zero-order valence-corrected chi connectivity index (χ0v) is 22.0. The lowest BCUT2D eigenvalue weighted by Gasteiger charge is -2.31. The van der Waals surface area contributed by atoms with Crippen molar-refractivity contribution < 1.29 is 9.59 Å². The maximum Gasteiger partial charge on any atom is 0.242 e. The number of amides is 2. The molecule has 1 fully saturated rings. The van der Waals surface area contributed by atoms with Gasteiger partial charge < -0.3 is 10.2 Å². The van der Waals surface area contributed by atoms with Crippen molar-refractivity contribution >= 4 is 35.0 Å². The van der Waals surface area contributed by atoms with Crippen molar-refractivity contribution in [2.75, 3.05) is 0 Å². The number of hydrogen-bond donors (Lipinski definition) is 1. The summed E-state index contributed by atoms with van der Waals surface area (Å²) < 4.78 is 0. The molecule has 1 aliphatic rings. The van der Waals surface area contributed by atoms with Crippen LogP contribution in [0.1, 0.15) is 61.6 Å². The normalized spacial score (nSPS) is 14.6. The lowest BCUT2D eigenvalue weighted by Crippen LogP contribution is -2.49. The number of hydrogen-bond acceptors (Lipinski definition) is 2. The van der Waals surface area contributed by atoms with Gasteiger partial charge in [-0.2, -0.15) is 0 Å². The van der Waals surface area contributed by atoms with Gasteiger partial charge in [0, 0.05) is 24.9 Å². The zero-order valence-electron chi connectivity index (χ0n) is 20.5. The van der Waals surface area contributed by atoms with Crippen LogP contribution in [0.3, 0.4) is 0 Å². The highest BCUT2D eigenvalue weighted by molar-refractivity contribution is 6.42.